The third kappa shape index (κ3) is 4.36. The molecule has 1 atom stereocenters. The van der Waals surface area contributed by atoms with Gasteiger partial charge in [-0.2, -0.15) is 5.10 Å². The summed E-state index contributed by atoms with van der Waals surface area (Å²) in [7, 11) is 1.29. The van der Waals surface area contributed by atoms with Crippen LogP contribution in [0.2, 0.25) is 0 Å². The first-order chi connectivity index (χ1) is 13.4. The van der Waals surface area contributed by atoms with E-state index in [1.165, 1.54) is 18.0 Å². The number of methoxy groups -OCH3 is 1. The second-order valence-corrected chi connectivity index (χ2v) is 6.90. The quantitative estimate of drug-likeness (QED) is 0.438. The molecule has 0 saturated heterocycles. The molecule has 2 aromatic heterocycles. The molecule has 0 radical (unpaired) electrons. The van der Waals surface area contributed by atoms with Crippen LogP contribution in [0, 0.1) is 10.1 Å². The Labute approximate surface area is 168 Å². The van der Waals surface area contributed by atoms with Crippen molar-refractivity contribution in [3.05, 3.63) is 63.0 Å². The number of aromatic nitrogens is 4. The molecule has 28 heavy (non-hydrogen) atoms. The van der Waals surface area contributed by atoms with Crippen molar-refractivity contribution in [2.45, 2.75) is 19.5 Å². The zero-order valence-corrected chi connectivity index (χ0v) is 16.7. The molecular weight excluding hydrogens is 432 g/mol. The largest absolute Gasteiger partial charge is 0.475 e. The average Bonchev–Trinajstić information content (AvgIpc) is 3.27. The Hall–Kier alpha value is -3.21. The van der Waals surface area contributed by atoms with Crippen molar-refractivity contribution in [1.82, 2.24) is 19.6 Å². The Morgan fingerprint density at radius 3 is 2.82 bits per heavy atom. The zero-order valence-electron chi connectivity index (χ0n) is 15.1. The number of rotatable bonds is 7. The van der Waals surface area contributed by atoms with Gasteiger partial charge in [-0.25, -0.2) is 4.68 Å². The standard InChI is InChI=1S/C17H17BrN6O4/c1-11(23-10-15(24(26)27)17(21-23)28-2)16(25)20-14-5-3-4-12(6-14)8-22-9-13(18)7-19-22/h3-7,9-11H,8H2,1-2H3,(H,20,25). The number of benzene rings is 1. The van der Waals surface area contributed by atoms with Gasteiger partial charge in [0.15, 0.2) is 0 Å². The van der Waals surface area contributed by atoms with Crippen molar-refractivity contribution in [1.29, 1.82) is 0 Å². The van der Waals surface area contributed by atoms with E-state index in [9.17, 15) is 14.9 Å². The molecule has 146 valence electrons. The molecule has 10 nitrogen and oxygen atoms in total. The molecule has 0 aliphatic heterocycles. The summed E-state index contributed by atoms with van der Waals surface area (Å²) in [4.78, 5) is 23.0. The Kier molecular flexibility index (Phi) is 5.73. The predicted octanol–water partition coefficient (Wildman–Crippen LogP) is 3.01. The van der Waals surface area contributed by atoms with E-state index in [-0.39, 0.29) is 17.5 Å². The normalized spacial score (nSPS) is 11.8. The number of halogens is 1. The maximum absolute atomic E-state index is 12.6. The number of nitrogens with zero attached hydrogens (tertiary/aromatic N) is 5. The summed E-state index contributed by atoms with van der Waals surface area (Å²) in [5.41, 5.74) is 1.26. The number of hydrogen-bond donors (Lipinski definition) is 1. The number of ether oxygens (including phenoxy) is 1. The second kappa shape index (κ2) is 8.21. The molecular formula is C17H17BrN6O4. The number of amides is 1. The van der Waals surface area contributed by atoms with Gasteiger partial charge in [0.05, 0.1) is 29.2 Å². The van der Waals surface area contributed by atoms with Gasteiger partial charge in [-0.15, -0.1) is 5.10 Å². The van der Waals surface area contributed by atoms with Crippen LogP contribution in [-0.2, 0) is 11.3 Å². The van der Waals surface area contributed by atoms with Gasteiger partial charge < -0.3 is 10.1 Å². The SMILES string of the molecule is COc1nn(C(C)C(=O)Nc2cccc(Cn3cc(Br)cn3)c2)cc1[N+](=O)[O-]. The van der Waals surface area contributed by atoms with E-state index < -0.39 is 11.0 Å². The topological polar surface area (TPSA) is 117 Å². The van der Waals surface area contributed by atoms with E-state index in [2.05, 4.69) is 31.4 Å². The fraction of sp³-hybridized carbons (Fsp3) is 0.235. The number of carbonyl (C=O) groups excluding carboxylic acids is 1. The molecule has 0 saturated carbocycles. The summed E-state index contributed by atoms with van der Waals surface area (Å²) < 4.78 is 8.75. The van der Waals surface area contributed by atoms with E-state index in [0.29, 0.717) is 12.2 Å². The van der Waals surface area contributed by atoms with E-state index in [0.717, 1.165) is 10.0 Å². The first-order valence-electron chi connectivity index (χ1n) is 8.22. The summed E-state index contributed by atoms with van der Waals surface area (Å²) in [5.74, 6) is -0.504. The second-order valence-electron chi connectivity index (χ2n) is 5.98. The van der Waals surface area contributed by atoms with Crippen molar-refractivity contribution < 1.29 is 14.5 Å². The summed E-state index contributed by atoms with van der Waals surface area (Å²) >= 11 is 3.35. The van der Waals surface area contributed by atoms with Crippen LogP contribution < -0.4 is 10.1 Å². The van der Waals surface area contributed by atoms with Gasteiger partial charge in [0.25, 0.3) is 0 Å². The molecule has 0 bridgehead atoms. The van der Waals surface area contributed by atoms with Crippen molar-refractivity contribution in [2.75, 3.05) is 12.4 Å². The molecule has 1 amide bonds. The molecule has 0 aliphatic carbocycles. The Bertz CT molecular complexity index is 1010. The lowest BCUT2D eigenvalue weighted by Gasteiger charge is -2.13. The van der Waals surface area contributed by atoms with Crippen LogP contribution >= 0.6 is 15.9 Å². The van der Waals surface area contributed by atoms with Crippen LogP contribution in [0.4, 0.5) is 11.4 Å². The van der Waals surface area contributed by atoms with Crippen LogP contribution in [0.15, 0.2) is 47.3 Å². The first kappa shape index (κ1) is 19.5. The fourth-order valence-corrected chi connectivity index (χ4v) is 2.89. The minimum atomic E-state index is -0.770. The lowest BCUT2D eigenvalue weighted by atomic mass is 10.2. The lowest BCUT2D eigenvalue weighted by Crippen LogP contribution is -2.24. The number of nitrogens with one attached hydrogen (secondary N) is 1. The monoisotopic (exact) mass is 448 g/mol. The Balaban J connectivity index is 1.72. The van der Waals surface area contributed by atoms with Crippen LogP contribution in [0.1, 0.15) is 18.5 Å². The van der Waals surface area contributed by atoms with Gasteiger partial charge in [0.1, 0.15) is 12.2 Å². The van der Waals surface area contributed by atoms with Crippen molar-refractivity contribution in [3.63, 3.8) is 0 Å². The van der Waals surface area contributed by atoms with E-state index >= 15 is 0 Å². The number of nitro groups is 1. The molecule has 0 fully saturated rings. The predicted molar refractivity (Wildman–Crippen MR) is 104 cm³/mol. The molecule has 1 N–H and O–H groups in total. The summed E-state index contributed by atoms with van der Waals surface area (Å²) in [6, 6.07) is 6.59. The number of carbonyl (C=O) groups is 1. The molecule has 1 unspecified atom stereocenters. The van der Waals surface area contributed by atoms with Gasteiger partial charge in [0, 0.05) is 11.9 Å². The summed E-state index contributed by atoms with van der Waals surface area (Å²) in [6.45, 7) is 2.14. The van der Waals surface area contributed by atoms with E-state index in [1.54, 1.807) is 23.9 Å². The molecule has 0 spiro atoms. The maximum Gasteiger partial charge on any atom is 0.350 e. The highest BCUT2D eigenvalue weighted by Gasteiger charge is 2.25. The van der Waals surface area contributed by atoms with Gasteiger partial charge in [-0.1, -0.05) is 12.1 Å². The third-order valence-corrected chi connectivity index (χ3v) is 4.40. The first-order valence-corrected chi connectivity index (χ1v) is 9.02. The van der Waals surface area contributed by atoms with Gasteiger partial charge >= 0.3 is 11.6 Å². The summed E-state index contributed by atoms with van der Waals surface area (Å²) in [5, 5.41) is 22.0. The van der Waals surface area contributed by atoms with Crippen LogP contribution in [0.25, 0.3) is 0 Å². The number of anilines is 1. The van der Waals surface area contributed by atoms with Gasteiger partial charge in [-0.3, -0.25) is 19.6 Å². The lowest BCUT2D eigenvalue weighted by molar-refractivity contribution is -0.385. The zero-order chi connectivity index (χ0) is 20.3. The van der Waals surface area contributed by atoms with Crippen LogP contribution in [0.5, 0.6) is 5.88 Å². The minimum Gasteiger partial charge on any atom is -0.475 e. The molecule has 2 heterocycles. The molecule has 1 aromatic carbocycles. The molecule has 0 aliphatic rings. The van der Waals surface area contributed by atoms with Crippen LogP contribution in [0.3, 0.4) is 0 Å². The van der Waals surface area contributed by atoms with Crippen molar-refractivity contribution in [3.8, 4) is 5.88 Å². The molecule has 3 rings (SSSR count). The van der Waals surface area contributed by atoms with Crippen molar-refractivity contribution in [2.24, 2.45) is 0 Å². The van der Waals surface area contributed by atoms with E-state index in [4.69, 9.17) is 4.74 Å². The molecule has 11 heteroatoms. The van der Waals surface area contributed by atoms with Crippen LogP contribution in [-0.4, -0.2) is 37.5 Å². The van der Waals surface area contributed by atoms with Gasteiger partial charge in [-0.05, 0) is 40.5 Å². The maximum atomic E-state index is 12.6. The molecule has 3 aromatic rings. The fourth-order valence-electron chi connectivity index (χ4n) is 2.56. The van der Waals surface area contributed by atoms with E-state index in [1.807, 2.05) is 24.4 Å². The average molecular weight is 449 g/mol. The minimum absolute atomic E-state index is 0.142. The summed E-state index contributed by atoms with van der Waals surface area (Å²) in [6.07, 6.45) is 4.73. The highest BCUT2D eigenvalue weighted by atomic mass is 79.9. The highest BCUT2D eigenvalue weighted by Crippen LogP contribution is 2.26. The highest BCUT2D eigenvalue weighted by molar-refractivity contribution is 9.10. The smallest absolute Gasteiger partial charge is 0.350 e. The Morgan fingerprint density at radius 1 is 1.43 bits per heavy atom. The van der Waals surface area contributed by atoms with Gasteiger partial charge in [0.2, 0.25) is 5.91 Å². The third-order valence-electron chi connectivity index (χ3n) is 3.99. The number of hydrogen-bond acceptors (Lipinski definition) is 6. The van der Waals surface area contributed by atoms with Crippen molar-refractivity contribution >= 4 is 33.2 Å². The Morgan fingerprint density at radius 2 is 2.21 bits per heavy atom.